The first-order valence-electron chi connectivity index (χ1n) is 6.99. The van der Waals surface area contributed by atoms with Crippen LogP contribution in [-0.2, 0) is 5.11 Å². The molecule has 0 aliphatic heterocycles. The topological polar surface area (TPSA) is 49.0 Å². The van der Waals surface area contributed by atoms with Crippen LogP contribution >= 0.6 is 0 Å². The van der Waals surface area contributed by atoms with Crippen molar-refractivity contribution in [2.45, 2.75) is 19.9 Å². The number of carbonyl (C=O) groups excluding carboxylic acids is 1. The first kappa shape index (κ1) is 13.4. The molecule has 21 heavy (non-hydrogen) atoms. The van der Waals surface area contributed by atoms with Crippen molar-refractivity contribution in [2.75, 3.05) is 0 Å². The average molecular weight is 278 g/mol. The first-order valence-corrected chi connectivity index (χ1v) is 6.99. The standard InChI is InChI=1S/C18H16NO2/c1-11(2)19-18(21)15-8-7-14-9-12-5-3-4-6-13(12)10-16(14)17(15)20/h3-11H,1-2H3,(H,19,21). The van der Waals surface area contributed by atoms with Crippen LogP contribution in [0.5, 0.6) is 5.75 Å². The maximum atomic E-state index is 12.5. The molecule has 0 atom stereocenters. The lowest BCUT2D eigenvalue weighted by molar-refractivity contribution is 0.0939. The second-order valence-electron chi connectivity index (χ2n) is 5.49. The summed E-state index contributed by atoms with van der Waals surface area (Å²) < 4.78 is 0. The molecule has 0 unspecified atom stereocenters. The molecule has 3 aromatic carbocycles. The predicted octanol–water partition coefficient (Wildman–Crippen LogP) is 4.28. The SMILES string of the molecule is CC(C)NC(=O)c1ccc2cc3ccccc3cc2c1[O]. The number of amides is 1. The molecular weight excluding hydrogens is 262 g/mol. The molecule has 3 heteroatoms. The summed E-state index contributed by atoms with van der Waals surface area (Å²) in [6, 6.07) is 15.2. The van der Waals surface area contributed by atoms with Crippen molar-refractivity contribution in [1.29, 1.82) is 0 Å². The van der Waals surface area contributed by atoms with Crippen LogP contribution in [0.3, 0.4) is 0 Å². The van der Waals surface area contributed by atoms with Crippen molar-refractivity contribution in [1.82, 2.24) is 5.32 Å². The van der Waals surface area contributed by atoms with E-state index in [9.17, 15) is 9.90 Å². The van der Waals surface area contributed by atoms with E-state index in [4.69, 9.17) is 0 Å². The number of fused-ring (bicyclic) bond motifs is 2. The lowest BCUT2D eigenvalue weighted by Gasteiger charge is -2.10. The molecule has 0 fully saturated rings. The first-order chi connectivity index (χ1) is 10.1. The Kier molecular flexibility index (Phi) is 3.26. The van der Waals surface area contributed by atoms with E-state index in [-0.39, 0.29) is 23.3 Å². The fraction of sp³-hybridized carbons (Fsp3) is 0.167. The van der Waals surface area contributed by atoms with Gasteiger partial charge in [0.25, 0.3) is 5.91 Å². The van der Waals surface area contributed by atoms with E-state index in [1.165, 1.54) is 0 Å². The van der Waals surface area contributed by atoms with Crippen LogP contribution in [0.2, 0.25) is 0 Å². The number of nitrogens with one attached hydrogen (secondary N) is 1. The van der Waals surface area contributed by atoms with Crippen molar-refractivity contribution in [3.05, 3.63) is 54.1 Å². The van der Waals surface area contributed by atoms with Gasteiger partial charge in [0.15, 0.2) is 5.75 Å². The van der Waals surface area contributed by atoms with E-state index >= 15 is 0 Å². The van der Waals surface area contributed by atoms with Gasteiger partial charge in [-0.3, -0.25) is 9.90 Å². The summed E-state index contributed by atoms with van der Waals surface area (Å²) in [5.74, 6) is -0.526. The second-order valence-corrected chi connectivity index (χ2v) is 5.49. The number of rotatable bonds is 2. The molecule has 0 bridgehead atoms. The monoisotopic (exact) mass is 278 g/mol. The molecule has 3 aromatic rings. The molecule has 3 rings (SSSR count). The Hall–Kier alpha value is -2.55. The lowest BCUT2D eigenvalue weighted by Crippen LogP contribution is -2.30. The minimum atomic E-state index is -0.315. The average Bonchev–Trinajstić information content (AvgIpc) is 2.45. The molecule has 1 N–H and O–H groups in total. The van der Waals surface area contributed by atoms with Gasteiger partial charge in [-0.05, 0) is 48.2 Å². The van der Waals surface area contributed by atoms with Gasteiger partial charge >= 0.3 is 0 Å². The molecule has 0 aliphatic rings. The third kappa shape index (κ3) is 2.42. The van der Waals surface area contributed by atoms with Crippen LogP contribution in [0.25, 0.3) is 21.5 Å². The maximum absolute atomic E-state index is 12.5. The van der Waals surface area contributed by atoms with Gasteiger partial charge in [0, 0.05) is 11.4 Å². The predicted molar refractivity (Wildman–Crippen MR) is 84.2 cm³/mol. The van der Waals surface area contributed by atoms with Gasteiger partial charge in [0.1, 0.15) is 0 Å². The van der Waals surface area contributed by atoms with Gasteiger partial charge in [-0.2, -0.15) is 0 Å². The third-order valence-corrected chi connectivity index (χ3v) is 3.50. The zero-order chi connectivity index (χ0) is 15.0. The van der Waals surface area contributed by atoms with Crippen LogP contribution < -0.4 is 5.32 Å². The molecule has 3 nitrogen and oxygen atoms in total. The van der Waals surface area contributed by atoms with Crippen molar-refractivity contribution in [2.24, 2.45) is 0 Å². The molecule has 0 heterocycles. The number of benzene rings is 3. The van der Waals surface area contributed by atoms with Crippen LogP contribution in [0.1, 0.15) is 24.2 Å². The van der Waals surface area contributed by atoms with Crippen molar-refractivity contribution >= 4 is 27.5 Å². The highest BCUT2D eigenvalue weighted by Gasteiger charge is 2.16. The van der Waals surface area contributed by atoms with E-state index < -0.39 is 0 Å². The molecule has 0 aromatic heterocycles. The molecule has 0 spiro atoms. The third-order valence-electron chi connectivity index (χ3n) is 3.50. The smallest absolute Gasteiger partial charge is 0.255 e. The summed E-state index contributed by atoms with van der Waals surface area (Å²) in [6.45, 7) is 3.74. The Morgan fingerprint density at radius 2 is 1.62 bits per heavy atom. The highest BCUT2D eigenvalue weighted by atomic mass is 16.3. The quantitative estimate of drug-likeness (QED) is 0.699. The van der Waals surface area contributed by atoms with Crippen LogP contribution in [0.15, 0.2) is 48.5 Å². The molecule has 1 amide bonds. The van der Waals surface area contributed by atoms with E-state index in [0.717, 1.165) is 16.2 Å². The zero-order valence-electron chi connectivity index (χ0n) is 12.0. The summed E-state index contributed by atoms with van der Waals surface area (Å²) in [4.78, 5) is 12.1. The van der Waals surface area contributed by atoms with Gasteiger partial charge in [-0.25, -0.2) is 0 Å². The summed E-state index contributed by atoms with van der Waals surface area (Å²) in [7, 11) is 0. The van der Waals surface area contributed by atoms with Gasteiger partial charge in [-0.1, -0.05) is 30.3 Å². The van der Waals surface area contributed by atoms with Gasteiger partial charge in [0.2, 0.25) is 0 Å². The Morgan fingerprint density at radius 1 is 0.952 bits per heavy atom. The minimum absolute atomic E-state index is 0.00389. The zero-order valence-corrected chi connectivity index (χ0v) is 12.0. The number of hydrogen-bond donors (Lipinski definition) is 1. The largest absolute Gasteiger partial charge is 0.350 e. The number of carbonyl (C=O) groups is 1. The molecular formula is C18H16NO2. The Bertz CT molecular complexity index is 837. The minimum Gasteiger partial charge on any atom is -0.350 e. The van der Waals surface area contributed by atoms with E-state index in [2.05, 4.69) is 5.32 Å². The van der Waals surface area contributed by atoms with Crippen molar-refractivity contribution < 1.29 is 9.90 Å². The number of hydrogen-bond acceptors (Lipinski definition) is 1. The second kappa shape index (κ2) is 5.09. The summed E-state index contributed by atoms with van der Waals surface area (Å²) >= 11 is 0. The Morgan fingerprint density at radius 3 is 2.29 bits per heavy atom. The Labute approximate surface area is 123 Å². The molecule has 105 valence electrons. The normalized spacial score (nSPS) is 11.2. The van der Waals surface area contributed by atoms with Crippen LogP contribution in [0.4, 0.5) is 0 Å². The van der Waals surface area contributed by atoms with Crippen molar-refractivity contribution in [3.63, 3.8) is 0 Å². The van der Waals surface area contributed by atoms with Crippen molar-refractivity contribution in [3.8, 4) is 5.75 Å². The van der Waals surface area contributed by atoms with Gasteiger partial charge in [0.05, 0.1) is 5.56 Å². The van der Waals surface area contributed by atoms with Gasteiger partial charge < -0.3 is 5.32 Å². The summed E-state index contributed by atoms with van der Waals surface area (Å²) in [6.07, 6.45) is 0. The van der Waals surface area contributed by atoms with Gasteiger partial charge in [-0.15, -0.1) is 0 Å². The van der Waals surface area contributed by atoms with E-state index in [1.807, 2.05) is 56.3 Å². The fourth-order valence-electron chi connectivity index (χ4n) is 2.51. The Balaban J connectivity index is 2.19. The molecule has 0 aliphatic carbocycles. The van der Waals surface area contributed by atoms with E-state index in [1.54, 1.807) is 6.07 Å². The maximum Gasteiger partial charge on any atom is 0.255 e. The molecule has 0 saturated heterocycles. The van der Waals surface area contributed by atoms with Crippen LogP contribution in [0, 0.1) is 0 Å². The fourth-order valence-corrected chi connectivity index (χ4v) is 2.51. The lowest BCUT2D eigenvalue weighted by atomic mass is 10.00. The highest BCUT2D eigenvalue weighted by Crippen LogP contribution is 2.32. The summed E-state index contributed by atoms with van der Waals surface area (Å²) in [5, 5.41) is 18.8. The van der Waals surface area contributed by atoms with Crippen LogP contribution in [-0.4, -0.2) is 11.9 Å². The van der Waals surface area contributed by atoms with E-state index in [0.29, 0.717) is 5.39 Å². The molecule has 1 radical (unpaired) electrons. The summed E-state index contributed by atoms with van der Waals surface area (Å²) in [5.41, 5.74) is 0.200. The highest BCUT2D eigenvalue weighted by molar-refractivity contribution is 6.07. The molecule has 0 saturated carbocycles.